The fourth-order valence-corrected chi connectivity index (χ4v) is 3.06. The molecule has 2 N–H and O–H groups in total. The molecule has 0 saturated carbocycles. The van der Waals surface area contributed by atoms with Crippen molar-refractivity contribution >= 4 is 11.9 Å². The highest BCUT2D eigenvalue weighted by molar-refractivity contribution is 5.81. The van der Waals surface area contributed by atoms with Gasteiger partial charge in [0.15, 0.2) is 5.96 Å². The number of carbonyl (C=O) groups excluding carboxylic acids is 1. The number of aliphatic imine (C=N–C) groups is 1. The Labute approximate surface area is 165 Å². The van der Waals surface area contributed by atoms with Gasteiger partial charge in [-0.2, -0.15) is 0 Å². The molecule has 0 aliphatic heterocycles. The van der Waals surface area contributed by atoms with Gasteiger partial charge in [0.1, 0.15) is 0 Å². The Balaban J connectivity index is 2.31. The lowest BCUT2D eigenvalue weighted by Gasteiger charge is -2.30. The lowest BCUT2D eigenvalue weighted by molar-refractivity contribution is -0.130. The van der Waals surface area contributed by atoms with Crippen molar-refractivity contribution in [3.8, 4) is 0 Å². The second-order valence-electron chi connectivity index (χ2n) is 7.34. The fourth-order valence-electron chi connectivity index (χ4n) is 3.06. The molecule has 6 nitrogen and oxygen atoms in total. The van der Waals surface area contributed by atoms with E-state index >= 15 is 0 Å². The quantitative estimate of drug-likeness (QED) is 0.487. The number of amides is 1. The van der Waals surface area contributed by atoms with Crippen LogP contribution in [0, 0.1) is 0 Å². The molecule has 0 atom stereocenters. The van der Waals surface area contributed by atoms with Gasteiger partial charge in [-0.05, 0) is 33.3 Å². The zero-order valence-electron chi connectivity index (χ0n) is 17.8. The molecule has 0 radical (unpaired) electrons. The molecule has 0 aliphatic carbocycles. The molecule has 0 heterocycles. The van der Waals surface area contributed by atoms with Crippen molar-refractivity contribution < 1.29 is 4.79 Å². The average molecular weight is 376 g/mol. The number of nitrogens with one attached hydrogen (secondary N) is 2. The second-order valence-corrected chi connectivity index (χ2v) is 7.34. The highest BCUT2D eigenvalue weighted by Crippen LogP contribution is 2.04. The number of rotatable bonds is 10. The van der Waals surface area contributed by atoms with E-state index in [2.05, 4.69) is 48.2 Å². The highest BCUT2D eigenvalue weighted by atomic mass is 16.2. The first-order chi connectivity index (χ1) is 12.8. The topological polar surface area (TPSA) is 60.0 Å². The number of hydrogen-bond donors (Lipinski definition) is 2. The van der Waals surface area contributed by atoms with E-state index in [9.17, 15) is 4.79 Å². The van der Waals surface area contributed by atoms with Crippen LogP contribution < -0.4 is 10.6 Å². The van der Waals surface area contributed by atoms with E-state index in [0.29, 0.717) is 31.6 Å². The lowest BCUT2D eigenvalue weighted by atomic mass is 10.2. The van der Waals surface area contributed by atoms with Crippen molar-refractivity contribution in [3.05, 3.63) is 35.9 Å². The summed E-state index contributed by atoms with van der Waals surface area (Å²) in [6, 6.07) is 11.1. The molecular weight excluding hydrogens is 338 g/mol. The Morgan fingerprint density at radius 1 is 1.04 bits per heavy atom. The number of benzene rings is 1. The standard InChI is InChI=1S/C21H37N5O/c1-17(2)26(18(3)4)15-14-24-21(22-5)23-13-12-20(27)25(6)16-19-10-8-7-9-11-19/h7-11,17-18H,12-16H2,1-6H3,(H2,22,23,24). The zero-order chi connectivity index (χ0) is 20.2. The van der Waals surface area contributed by atoms with Crippen molar-refractivity contribution in [2.75, 3.05) is 33.7 Å². The van der Waals surface area contributed by atoms with Crippen LogP contribution in [0.5, 0.6) is 0 Å². The van der Waals surface area contributed by atoms with E-state index in [1.165, 1.54) is 0 Å². The Morgan fingerprint density at radius 3 is 2.19 bits per heavy atom. The Hall–Kier alpha value is -2.08. The molecular formula is C21H37N5O. The number of hydrogen-bond acceptors (Lipinski definition) is 3. The molecule has 1 aromatic carbocycles. The van der Waals surface area contributed by atoms with Crippen LogP contribution in [-0.4, -0.2) is 67.5 Å². The molecule has 27 heavy (non-hydrogen) atoms. The minimum atomic E-state index is 0.118. The summed E-state index contributed by atoms with van der Waals surface area (Å²) in [6.45, 7) is 11.8. The van der Waals surface area contributed by atoms with Crippen molar-refractivity contribution in [1.29, 1.82) is 0 Å². The van der Waals surface area contributed by atoms with Crippen molar-refractivity contribution in [2.24, 2.45) is 4.99 Å². The smallest absolute Gasteiger partial charge is 0.224 e. The SMILES string of the molecule is CN=C(NCCC(=O)N(C)Cc1ccccc1)NCCN(C(C)C)C(C)C. The third kappa shape index (κ3) is 8.91. The minimum absolute atomic E-state index is 0.118. The van der Waals surface area contributed by atoms with Gasteiger partial charge in [-0.1, -0.05) is 30.3 Å². The van der Waals surface area contributed by atoms with Gasteiger partial charge in [0.2, 0.25) is 5.91 Å². The Bertz CT molecular complexity index is 563. The lowest BCUT2D eigenvalue weighted by Crippen LogP contribution is -2.45. The summed E-state index contributed by atoms with van der Waals surface area (Å²) >= 11 is 0. The average Bonchev–Trinajstić information content (AvgIpc) is 2.63. The second kappa shape index (κ2) is 12.3. The van der Waals surface area contributed by atoms with Crippen molar-refractivity contribution in [2.45, 2.75) is 52.7 Å². The van der Waals surface area contributed by atoms with Crippen molar-refractivity contribution in [1.82, 2.24) is 20.4 Å². The number of guanidine groups is 1. The normalized spacial score (nSPS) is 12.0. The summed E-state index contributed by atoms with van der Waals surface area (Å²) in [5.41, 5.74) is 1.14. The fraction of sp³-hybridized carbons (Fsp3) is 0.619. The van der Waals surface area contributed by atoms with Gasteiger partial charge in [0.25, 0.3) is 0 Å². The summed E-state index contributed by atoms with van der Waals surface area (Å²) in [5, 5.41) is 6.55. The van der Waals surface area contributed by atoms with Crippen LogP contribution in [0.3, 0.4) is 0 Å². The molecule has 1 rings (SSSR count). The van der Waals surface area contributed by atoms with Crippen molar-refractivity contribution in [3.63, 3.8) is 0 Å². The van der Waals surface area contributed by atoms with Gasteiger partial charge in [-0.25, -0.2) is 0 Å². The van der Waals surface area contributed by atoms with Gasteiger partial charge < -0.3 is 15.5 Å². The van der Waals surface area contributed by atoms with Gasteiger partial charge in [0, 0.05) is 58.8 Å². The molecule has 0 bridgehead atoms. The molecule has 0 saturated heterocycles. The highest BCUT2D eigenvalue weighted by Gasteiger charge is 2.13. The van der Waals surface area contributed by atoms with Crippen LogP contribution in [-0.2, 0) is 11.3 Å². The third-order valence-corrected chi connectivity index (χ3v) is 4.53. The molecule has 152 valence electrons. The molecule has 0 fully saturated rings. The van der Waals surface area contributed by atoms with Crippen LogP contribution in [0.4, 0.5) is 0 Å². The Kier molecular flexibility index (Phi) is 10.5. The van der Waals surface area contributed by atoms with Crippen LogP contribution >= 0.6 is 0 Å². The summed E-state index contributed by atoms with van der Waals surface area (Å²) < 4.78 is 0. The molecule has 6 heteroatoms. The van der Waals surface area contributed by atoms with Gasteiger partial charge >= 0.3 is 0 Å². The minimum Gasteiger partial charge on any atom is -0.356 e. The van der Waals surface area contributed by atoms with Crippen LogP contribution in [0.25, 0.3) is 0 Å². The maximum absolute atomic E-state index is 12.3. The van der Waals surface area contributed by atoms with Gasteiger partial charge in [-0.3, -0.25) is 14.7 Å². The van der Waals surface area contributed by atoms with E-state index < -0.39 is 0 Å². The monoisotopic (exact) mass is 375 g/mol. The van der Waals surface area contributed by atoms with E-state index in [4.69, 9.17) is 0 Å². The summed E-state index contributed by atoms with van der Waals surface area (Å²) in [5.74, 6) is 0.855. The molecule has 1 amide bonds. The van der Waals surface area contributed by atoms with E-state index in [-0.39, 0.29) is 5.91 Å². The van der Waals surface area contributed by atoms with Gasteiger partial charge in [0.05, 0.1) is 0 Å². The predicted molar refractivity (Wildman–Crippen MR) is 114 cm³/mol. The van der Waals surface area contributed by atoms with Crippen LogP contribution in [0.15, 0.2) is 35.3 Å². The zero-order valence-corrected chi connectivity index (χ0v) is 17.8. The molecule has 0 aliphatic rings. The third-order valence-electron chi connectivity index (χ3n) is 4.53. The first-order valence-electron chi connectivity index (χ1n) is 9.83. The van der Waals surface area contributed by atoms with Crippen LogP contribution in [0.1, 0.15) is 39.7 Å². The maximum Gasteiger partial charge on any atom is 0.224 e. The predicted octanol–water partition coefficient (Wildman–Crippen LogP) is 2.32. The number of carbonyl (C=O) groups is 1. The molecule has 0 spiro atoms. The molecule has 0 unspecified atom stereocenters. The first-order valence-corrected chi connectivity index (χ1v) is 9.83. The van der Waals surface area contributed by atoms with E-state index in [1.807, 2.05) is 37.4 Å². The Morgan fingerprint density at radius 2 is 1.63 bits per heavy atom. The van der Waals surface area contributed by atoms with Crippen LogP contribution in [0.2, 0.25) is 0 Å². The van der Waals surface area contributed by atoms with E-state index in [1.54, 1.807) is 11.9 Å². The maximum atomic E-state index is 12.3. The summed E-state index contributed by atoms with van der Waals surface area (Å²) in [6.07, 6.45) is 0.439. The summed E-state index contributed by atoms with van der Waals surface area (Å²) in [4.78, 5) is 20.7. The molecule has 0 aromatic heterocycles. The molecule has 1 aromatic rings. The largest absolute Gasteiger partial charge is 0.356 e. The van der Waals surface area contributed by atoms with Gasteiger partial charge in [-0.15, -0.1) is 0 Å². The first kappa shape index (κ1) is 23.0. The van der Waals surface area contributed by atoms with E-state index in [0.717, 1.165) is 24.6 Å². The number of nitrogens with zero attached hydrogens (tertiary/aromatic N) is 3. The summed E-state index contributed by atoms with van der Waals surface area (Å²) in [7, 11) is 3.59.